The van der Waals surface area contributed by atoms with Crippen molar-refractivity contribution in [3.63, 3.8) is 0 Å². The summed E-state index contributed by atoms with van der Waals surface area (Å²) in [6.45, 7) is 6.27. The van der Waals surface area contributed by atoms with E-state index in [0.29, 0.717) is 24.1 Å². The minimum atomic E-state index is -0.155. The van der Waals surface area contributed by atoms with Crippen molar-refractivity contribution < 1.29 is 0 Å². The zero-order valence-corrected chi connectivity index (χ0v) is 19.1. The van der Waals surface area contributed by atoms with Crippen LogP contribution in [0, 0.1) is 18.8 Å². The van der Waals surface area contributed by atoms with Crippen LogP contribution in [0.15, 0.2) is 47.4 Å². The van der Waals surface area contributed by atoms with Crippen LogP contribution in [0.5, 0.6) is 0 Å². The quantitative estimate of drug-likeness (QED) is 0.493. The van der Waals surface area contributed by atoms with Crippen LogP contribution in [-0.4, -0.2) is 38.5 Å². The molecule has 0 bridgehead atoms. The Labute approximate surface area is 192 Å². The first kappa shape index (κ1) is 21.2. The molecular formula is C26H28N6O. The highest BCUT2D eigenvalue weighted by molar-refractivity contribution is 5.86. The van der Waals surface area contributed by atoms with E-state index in [1.54, 1.807) is 17.8 Å². The maximum atomic E-state index is 13.7. The molecule has 7 nitrogen and oxygen atoms in total. The first-order chi connectivity index (χ1) is 16.1. The normalized spacial score (nSPS) is 16.2. The van der Waals surface area contributed by atoms with Gasteiger partial charge in [0, 0.05) is 19.1 Å². The number of imidazole rings is 1. The van der Waals surface area contributed by atoms with Crippen LogP contribution in [-0.2, 0) is 13.1 Å². The monoisotopic (exact) mass is 440 g/mol. The van der Waals surface area contributed by atoms with E-state index < -0.39 is 0 Å². The van der Waals surface area contributed by atoms with Crippen LogP contribution in [0.4, 0.5) is 5.95 Å². The van der Waals surface area contributed by atoms with Gasteiger partial charge >= 0.3 is 0 Å². The van der Waals surface area contributed by atoms with Crippen molar-refractivity contribution in [2.24, 2.45) is 5.73 Å². The fourth-order valence-corrected chi connectivity index (χ4v) is 4.73. The lowest BCUT2D eigenvalue weighted by molar-refractivity contribution is 0.496. The van der Waals surface area contributed by atoms with Gasteiger partial charge in [-0.25, -0.2) is 9.67 Å². The Morgan fingerprint density at radius 1 is 1.21 bits per heavy atom. The predicted octanol–water partition coefficient (Wildman–Crippen LogP) is 3.05. The Bertz CT molecular complexity index is 1450. The van der Waals surface area contributed by atoms with E-state index in [4.69, 9.17) is 10.7 Å². The molecule has 1 fully saturated rings. The molecule has 5 rings (SSSR count). The third kappa shape index (κ3) is 3.87. The largest absolute Gasteiger partial charge is 0.341 e. The molecule has 2 N–H and O–H groups in total. The zero-order chi connectivity index (χ0) is 22.9. The van der Waals surface area contributed by atoms with Gasteiger partial charge < -0.3 is 10.6 Å². The summed E-state index contributed by atoms with van der Waals surface area (Å²) in [5, 5.41) is 6.78. The predicted molar refractivity (Wildman–Crippen MR) is 132 cm³/mol. The van der Waals surface area contributed by atoms with Crippen molar-refractivity contribution >= 4 is 27.8 Å². The summed E-state index contributed by atoms with van der Waals surface area (Å²) in [6.07, 6.45) is 3.71. The molecule has 1 atom stereocenters. The lowest BCUT2D eigenvalue weighted by Gasteiger charge is -2.31. The molecule has 0 unspecified atom stereocenters. The Hall–Kier alpha value is -3.63. The van der Waals surface area contributed by atoms with Gasteiger partial charge in [-0.3, -0.25) is 9.36 Å². The number of hydrogen-bond donors (Lipinski definition) is 1. The van der Waals surface area contributed by atoms with Gasteiger partial charge in [0.05, 0.1) is 19.3 Å². The average Bonchev–Trinajstić information content (AvgIpc) is 3.20. The fourth-order valence-electron chi connectivity index (χ4n) is 4.73. The Kier molecular flexibility index (Phi) is 5.61. The standard InChI is InChI=1S/C26H28N6O/c1-3-4-14-31-24-23(29-26(31)30-13-7-9-20(27)16-30)15-28-32(25(24)33)17-22-18(2)11-12-19-8-5-6-10-21(19)22/h5-6,8,10-12,15,20H,7,9,13-14,16-17,27H2,1-2H3/t20-/m1/s1. The number of nitrogens with zero attached hydrogens (tertiary/aromatic N) is 5. The minimum Gasteiger partial charge on any atom is -0.341 e. The van der Waals surface area contributed by atoms with Gasteiger partial charge in [0.2, 0.25) is 5.95 Å². The van der Waals surface area contributed by atoms with Crippen molar-refractivity contribution in [2.45, 2.75) is 45.8 Å². The van der Waals surface area contributed by atoms with Gasteiger partial charge in [0.15, 0.2) is 0 Å². The SMILES string of the molecule is CC#CCn1c(N2CCC[C@@H](N)C2)nc2cnn(Cc3c(C)ccc4ccccc34)c(=O)c21. The van der Waals surface area contributed by atoms with Crippen LogP contribution in [0.1, 0.15) is 30.9 Å². The number of anilines is 1. The van der Waals surface area contributed by atoms with Crippen LogP contribution < -0.4 is 16.2 Å². The number of benzene rings is 2. The van der Waals surface area contributed by atoms with Crippen LogP contribution >= 0.6 is 0 Å². The van der Waals surface area contributed by atoms with E-state index in [0.717, 1.165) is 53.8 Å². The van der Waals surface area contributed by atoms with Gasteiger partial charge in [-0.05, 0) is 48.6 Å². The molecule has 1 saturated heterocycles. The summed E-state index contributed by atoms with van der Waals surface area (Å²) >= 11 is 0. The highest BCUT2D eigenvalue weighted by Gasteiger charge is 2.24. The Balaban J connectivity index is 1.64. The van der Waals surface area contributed by atoms with Crippen molar-refractivity contribution in [1.82, 2.24) is 19.3 Å². The number of fused-ring (bicyclic) bond motifs is 2. The van der Waals surface area contributed by atoms with Gasteiger partial charge in [-0.1, -0.05) is 42.3 Å². The number of rotatable bonds is 4. The van der Waals surface area contributed by atoms with Gasteiger partial charge in [0.25, 0.3) is 5.56 Å². The second kappa shape index (κ2) is 8.72. The maximum Gasteiger partial charge on any atom is 0.293 e. The lowest BCUT2D eigenvalue weighted by atomic mass is 10.00. The van der Waals surface area contributed by atoms with Crippen LogP contribution in [0.25, 0.3) is 21.8 Å². The fraction of sp³-hybridized carbons (Fsp3) is 0.346. The number of nitrogens with two attached hydrogens (primary N) is 1. The molecule has 168 valence electrons. The molecule has 0 aliphatic carbocycles. The second-order valence-electron chi connectivity index (χ2n) is 8.70. The van der Waals surface area contributed by atoms with Crippen molar-refractivity contribution in [1.29, 1.82) is 0 Å². The number of hydrogen-bond acceptors (Lipinski definition) is 5. The Morgan fingerprint density at radius 3 is 2.88 bits per heavy atom. The molecule has 33 heavy (non-hydrogen) atoms. The summed E-state index contributed by atoms with van der Waals surface area (Å²) < 4.78 is 3.47. The van der Waals surface area contributed by atoms with E-state index >= 15 is 0 Å². The van der Waals surface area contributed by atoms with E-state index in [9.17, 15) is 4.79 Å². The molecular weight excluding hydrogens is 412 g/mol. The second-order valence-corrected chi connectivity index (χ2v) is 8.70. The van der Waals surface area contributed by atoms with E-state index in [2.05, 4.69) is 53.0 Å². The van der Waals surface area contributed by atoms with E-state index in [-0.39, 0.29) is 11.6 Å². The molecule has 0 saturated carbocycles. The molecule has 2 aromatic carbocycles. The van der Waals surface area contributed by atoms with E-state index in [1.807, 2.05) is 16.7 Å². The Morgan fingerprint density at radius 2 is 2.06 bits per heavy atom. The van der Waals surface area contributed by atoms with Crippen molar-refractivity contribution in [2.75, 3.05) is 18.0 Å². The molecule has 1 aliphatic rings. The summed E-state index contributed by atoms with van der Waals surface area (Å²) in [6, 6.07) is 12.6. The van der Waals surface area contributed by atoms with Gasteiger partial charge in [-0.15, -0.1) is 5.92 Å². The first-order valence-electron chi connectivity index (χ1n) is 11.4. The number of piperidine rings is 1. The van der Waals surface area contributed by atoms with E-state index in [1.165, 1.54) is 0 Å². The zero-order valence-electron chi connectivity index (χ0n) is 19.1. The third-order valence-electron chi connectivity index (χ3n) is 6.47. The number of aryl methyl sites for hydroxylation is 1. The highest BCUT2D eigenvalue weighted by Crippen LogP contribution is 2.25. The van der Waals surface area contributed by atoms with Crippen LogP contribution in [0.2, 0.25) is 0 Å². The molecule has 0 radical (unpaired) electrons. The number of aromatic nitrogens is 4. The maximum absolute atomic E-state index is 13.7. The topological polar surface area (TPSA) is 82.0 Å². The first-order valence-corrected chi connectivity index (χ1v) is 11.4. The van der Waals surface area contributed by atoms with Gasteiger partial charge in [0.1, 0.15) is 11.0 Å². The summed E-state index contributed by atoms with van der Waals surface area (Å²) in [5.74, 6) is 6.81. The molecule has 2 aromatic heterocycles. The molecule has 1 aliphatic heterocycles. The summed E-state index contributed by atoms with van der Waals surface area (Å²) in [7, 11) is 0. The van der Waals surface area contributed by atoms with Crippen LogP contribution in [0.3, 0.4) is 0 Å². The minimum absolute atomic E-state index is 0.105. The molecule has 3 heterocycles. The van der Waals surface area contributed by atoms with Crippen molar-refractivity contribution in [3.8, 4) is 11.8 Å². The third-order valence-corrected chi connectivity index (χ3v) is 6.47. The molecule has 0 spiro atoms. The summed E-state index contributed by atoms with van der Waals surface area (Å²) in [4.78, 5) is 20.6. The smallest absolute Gasteiger partial charge is 0.293 e. The highest BCUT2D eigenvalue weighted by atomic mass is 16.1. The van der Waals surface area contributed by atoms with Gasteiger partial charge in [-0.2, -0.15) is 5.10 Å². The summed E-state index contributed by atoms with van der Waals surface area (Å²) in [5.41, 5.74) is 9.44. The average molecular weight is 441 g/mol. The molecule has 4 aromatic rings. The van der Waals surface area contributed by atoms with Crippen molar-refractivity contribution in [3.05, 3.63) is 64.1 Å². The lowest BCUT2D eigenvalue weighted by Crippen LogP contribution is -2.44. The molecule has 7 heteroatoms. The molecule has 0 amide bonds.